The van der Waals surface area contributed by atoms with Gasteiger partial charge < -0.3 is 76.2 Å². The fraction of sp³-hybridized carbons (Fsp3) is 0.553. The number of likely N-dealkylation sites (tertiary alicyclic amines) is 1. The molecule has 4 aromatic carbocycles. The molecule has 29 heteroatoms. The Labute approximate surface area is 671 Å². The third-order valence-corrected chi connectivity index (χ3v) is 21.5. The molecule has 4 aromatic rings. The second kappa shape index (κ2) is 43.6. The van der Waals surface area contributed by atoms with Crippen molar-refractivity contribution in [2.45, 2.75) is 206 Å². The van der Waals surface area contributed by atoms with Gasteiger partial charge in [0, 0.05) is 101 Å². The van der Waals surface area contributed by atoms with Crippen molar-refractivity contribution < 1.29 is 72.2 Å². The van der Waals surface area contributed by atoms with Crippen LogP contribution in [-0.2, 0) is 92.8 Å². The highest BCUT2D eigenvalue weighted by atomic mass is 16.3. The lowest BCUT2D eigenvalue weighted by atomic mass is 9.96. The SMILES string of the molecule is CC(C)C[C@H]1C(=O)NCC(=O)N(C)[C@@H](C(C)C)C(=O)N[C@@H]([C@@H](C)O)C(=O)N[C@@H](Cc2ccccc2)C(=O)N[C@H](C(=O)N(C)[C@@H](Cc2ccccc2)C(=O)N(C)[C@@H](Cc2ccccc2)C(=O)N[C@@H](C)C(=O)N2CCCCC2)CC(=O)N(C)CCC(=O)N(C)[C@@H](C(C)C)C(=O)N[C@@H](C(C)C)C(=O)N(C)[C@@H](Cc2ccccc2)C(=O)N1C. The molecular weight excluding hydrogens is 1460 g/mol. The predicted molar refractivity (Wildman–Crippen MR) is 431 cm³/mol. The van der Waals surface area contributed by atoms with Gasteiger partial charge in [-0.2, -0.15) is 0 Å². The first kappa shape index (κ1) is 92.3. The van der Waals surface area contributed by atoms with Crippen LogP contribution in [0.25, 0.3) is 0 Å². The molecule has 2 aliphatic heterocycles. The van der Waals surface area contributed by atoms with Crippen LogP contribution in [0.1, 0.15) is 130 Å². The molecule has 0 bridgehead atoms. The van der Waals surface area contributed by atoms with E-state index in [9.17, 15) is 43.5 Å². The quantitative estimate of drug-likeness (QED) is 0.0630. The zero-order valence-electron chi connectivity index (χ0n) is 69.4. The Morgan fingerprint density at radius 1 is 0.482 bits per heavy atom. The summed E-state index contributed by atoms with van der Waals surface area (Å²) in [6.07, 6.45) is -0.770. The fourth-order valence-corrected chi connectivity index (χ4v) is 14.5. The molecule has 114 heavy (non-hydrogen) atoms. The van der Waals surface area contributed by atoms with Crippen LogP contribution in [0.2, 0.25) is 0 Å². The van der Waals surface area contributed by atoms with Crippen LogP contribution in [0.4, 0.5) is 0 Å². The molecule has 7 N–H and O–H groups in total. The summed E-state index contributed by atoms with van der Waals surface area (Å²) in [5.74, 6) is -12.8. The minimum Gasteiger partial charge on any atom is -0.391 e. The van der Waals surface area contributed by atoms with Crippen molar-refractivity contribution in [3.05, 3.63) is 144 Å². The van der Waals surface area contributed by atoms with Crippen LogP contribution in [0, 0.1) is 23.7 Å². The van der Waals surface area contributed by atoms with E-state index in [0.29, 0.717) is 35.3 Å². The minimum atomic E-state index is -1.89. The number of hydrogen-bond donors (Lipinski definition) is 7. The third-order valence-electron chi connectivity index (χ3n) is 21.5. The number of likely N-dealkylation sites (N-methyl/N-ethyl adjacent to an activating group) is 6. The topological polar surface area (TPSA) is 357 Å². The lowest BCUT2D eigenvalue weighted by Crippen LogP contribution is -2.63. The van der Waals surface area contributed by atoms with Gasteiger partial charge in [-0.3, -0.25) is 67.1 Å². The Morgan fingerprint density at radius 3 is 1.45 bits per heavy atom. The van der Waals surface area contributed by atoms with Gasteiger partial charge in [0.2, 0.25) is 82.7 Å². The molecule has 0 spiro atoms. The van der Waals surface area contributed by atoms with E-state index in [2.05, 4.69) is 31.9 Å². The Bertz CT molecular complexity index is 3940. The van der Waals surface area contributed by atoms with E-state index < -0.39 is 186 Å². The van der Waals surface area contributed by atoms with Crippen molar-refractivity contribution in [1.82, 2.24) is 71.1 Å². The number of aliphatic hydroxyl groups excluding tert-OH is 1. The third kappa shape index (κ3) is 25.7. The smallest absolute Gasteiger partial charge is 0.246 e. The number of nitrogens with one attached hydrogen (secondary N) is 6. The zero-order valence-corrected chi connectivity index (χ0v) is 69.4. The van der Waals surface area contributed by atoms with Crippen molar-refractivity contribution in [2.24, 2.45) is 23.7 Å². The molecule has 2 saturated heterocycles. The summed E-state index contributed by atoms with van der Waals surface area (Å²) in [7, 11) is 9.66. The lowest BCUT2D eigenvalue weighted by Gasteiger charge is -2.38. The zero-order chi connectivity index (χ0) is 84.5. The highest BCUT2D eigenvalue weighted by molar-refractivity contribution is 6.01. The molecule has 2 fully saturated rings. The van der Waals surface area contributed by atoms with Gasteiger partial charge in [0.25, 0.3) is 0 Å². The van der Waals surface area contributed by atoms with Crippen molar-refractivity contribution in [3.8, 4) is 0 Å². The Balaban J connectivity index is 1.46. The molecule has 0 aliphatic carbocycles. The summed E-state index contributed by atoms with van der Waals surface area (Å²) in [6.45, 7) is 16.6. The van der Waals surface area contributed by atoms with Crippen LogP contribution < -0.4 is 31.9 Å². The molecule has 622 valence electrons. The van der Waals surface area contributed by atoms with E-state index in [1.54, 1.807) is 175 Å². The number of carbonyl (C=O) groups excluding carboxylic acids is 14. The number of benzene rings is 4. The second-order valence-electron chi connectivity index (χ2n) is 31.8. The van der Waals surface area contributed by atoms with E-state index >= 15 is 28.8 Å². The van der Waals surface area contributed by atoms with Gasteiger partial charge in [0.15, 0.2) is 0 Å². The standard InChI is InChI=1S/C85H122N14O15/c1-52(2)45-64-76(105)86-51-70(103)98(17)74(55(7)8)80(109)91-72(57(10)100)78(107)88-62(46-58-33-23-18-24-34-58)75(104)89-63(50-69(102)92(11)44-41-68(101)97(16)73(54(5)6)79(108)90-71(53(3)4)85(114)96(15)67(84(113)93(64)12)49-61-39-29-21-30-40-61)82(111)95(14)66(48-60-37-27-20-28-38-60)83(112)94(13)65(47-59-35-25-19-26-36-59)77(106)87-56(9)81(110)99-42-31-22-32-43-99/h18-21,23-30,33-40,52-57,62-67,71-74,100H,22,31-32,41-51H2,1-17H3,(H,86,105)(H,87,106)(H,88,107)(H,89,104)(H,90,108)(H,91,109)/t56-,57+,62-,63-,64-,65-,66-,67-,71-,72-,73-,74-/m0/s1. The van der Waals surface area contributed by atoms with Crippen LogP contribution in [0.3, 0.4) is 0 Å². The maximum atomic E-state index is 15.9. The average Bonchev–Trinajstić information content (AvgIpc) is 0.813. The molecule has 14 amide bonds. The van der Waals surface area contributed by atoms with E-state index in [-0.39, 0.29) is 50.5 Å². The van der Waals surface area contributed by atoms with Crippen LogP contribution in [-0.4, -0.2) is 275 Å². The molecule has 6 rings (SSSR count). The van der Waals surface area contributed by atoms with Crippen LogP contribution >= 0.6 is 0 Å². The summed E-state index contributed by atoms with van der Waals surface area (Å²) < 4.78 is 0. The number of amides is 14. The summed E-state index contributed by atoms with van der Waals surface area (Å²) in [5.41, 5.74) is 2.37. The Morgan fingerprint density at radius 2 is 0.956 bits per heavy atom. The first-order chi connectivity index (χ1) is 53.8. The Hall–Kier alpha value is -10.6. The van der Waals surface area contributed by atoms with Gasteiger partial charge in [-0.1, -0.05) is 177 Å². The molecular formula is C85H122N14O15. The number of nitrogens with zero attached hydrogens (tertiary/aromatic N) is 8. The molecule has 12 atom stereocenters. The first-order valence-corrected chi connectivity index (χ1v) is 39.6. The maximum absolute atomic E-state index is 15.9. The second-order valence-corrected chi connectivity index (χ2v) is 31.8. The van der Waals surface area contributed by atoms with Gasteiger partial charge in [-0.25, -0.2) is 0 Å². The summed E-state index contributed by atoms with van der Waals surface area (Å²) in [6, 6.07) is 19.4. The van der Waals surface area contributed by atoms with Gasteiger partial charge in [-0.05, 0) is 85.5 Å². The molecule has 0 radical (unpaired) electrons. The van der Waals surface area contributed by atoms with Crippen LogP contribution in [0.5, 0.6) is 0 Å². The van der Waals surface area contributed by atoms with Crippen molar-refractivity contribution in [3.63, 3.8) is 0 Å². The number of carbonyl (C=O) groups is 14. The average molecular weight is 1580 g/mol. The lowest BCUT2D eigenvalue weighted by molar-refractivity contribution is -0.150. The van der Waals surface area contributed by atoms with E-state index in [4.69, 9.17) is 0 Å². The highest BCUT2D eigenvalue weighted by Crippen LogP contribution is 2.24. The summed E-state index contributed by atoms with van der Waals surface area (Å²) in [4.78, 5) is 219. The van der Waals surface area contributed by atoms with E-state index in [0.717, 1.165) is 34.0 Å². The van der Waals surface area contributed by atoms with Gasteiger partial charge in [0.05, 0.1) is 19.1 Å². The number of aliphatic hydroxyl groups is 1. The first-order valence-electron chi connectivity index (χ1n) is 39.6. The Kier molecular flexibility index (Phi) is 35.3. The van der Waals surface area contributed by atoms with E-state index in [1.807, 2.05) is 13.8 Å². The van der Waals surface area contributed by atoms with Gasteiger partial charge >= 0.3 is 0 Å². The van der Waals surface area contributed by atoms with E-state index in [1.165, 1.54) is 75.9 Å². The summed E-state index contributed by atoms with van der Waals surface area (Å²) >= 11 is 0. The molecule has 29 nitrogen and oxygen atoms in total. The molecule has 2 heterocycles. The van der Waals surface area contributed by atoms with Gasteiger partial charge in [-0.15, -0.1) is 0 Å². The summed E-state index contributed by atoms with van der Waals surface area (Å²) in [5, 5.41) is 27.8. The highest BCUT2D eigenvalue weighted by Gasteiger charge is 2.44. The predicted octanol–water partition coefficient (Wildman–Crippen LogP) is 3.14. The largest absolute Gasteiger partial charge is 0.391 e. The van der Waals surface area contributed by atoms with Crippen molar-refractivity contribution in [1.29, 1.82) is 0 Å². The van der Waals surface area contributed by atoms with Gasteiger partial charge in [0.1, 0.15) is 66.5 Å². The number of rotatable bonds is 21. The number of hydrogen-bond acceptors (Lipinski definition) is 15. The minimum absolute atomic E-state index is 0.0299. The molecule has 2 aliphatic rings. The molecule has 0 saturated carbocycles. The molecule has 0 unspecified atom stereocenters. The monoisotopic (exact) mass is 1580 g/mol. The van der Waals surface area contributed by atoms with Crippen molar-refractivity contribution >= 4 is 82.7 Å². The van der Waals surface area contributed by atoms with Crippen LogP contribution in [0.15, 0.2) is 121 Å². The van der Waals surface area contributed by atoms with Crippen molar-refractivity contribution in [2.75, 3.05) is 75.5 Å². The fourth-order valence-electron chi connectivity index (χ4n) is 14.5. The molecule has 0 aromatic heterocycles. The number of piperidine rings is 1. The maximum Gasteiger partial charge on any atom is 0.246 e. The normalized spacial score (nSPS) is 22.4.